The standard InChI is InChI=1S/C22H27F2N3O3S/c1-13(2)16-7-5-6-8-17(16)22(11-15(12-22)31(29)25-4)20(28)27-18-10-9-14(3)26-19(18)30-21(23)24/h5-10,13,15,21,25H,11-12H2,1-4H3,(H,27,28). The average Bonchev–Trinajstić information content (AvgIpc) is 2.68. The Morgan fingerprint density at radius 3 is 2.52 bits per heavy atom. The predicted octanol–water partition coefficient (Wildman–Crippen LogP) is 4.04. The molecule has 1 saturated carbocycles. The number of benzene rings is 1. The number of carbonyl (C=O) groups is 1. The van der Waals surface area contributed by atoms with Gasteiger partial charge in [-0.25, -0.2) is 13.9 Å². The molecule has 1 aromatic heterocycles. The highest BCUT2D eigenvalue weighted by molar-refractivity contribution is 7.83. The Hall–Kier alpha value is -2.39. The number of hydrogen-bond acceptors (Lipinski definition) is 4. The van der Waals surface area contributed by atoms with E-state index in [-0.39, 0.29) is 28.6 Å². The monoisotopic (exact) mass is 451 g/mol. The zero-order valence-electron chi connectivity index (χ0n) is 17.9. The van der Waals surface area contributed by atoms with Gasteiger partial charge in [-0.15, -0.1) is 0 Å². The number of hydrogen-bond donors (Lipinski definition) is 2. The van der Waals surface area contributed by atoms with Gasteiger partial charge in [0.2, 0.25) is 11.8 Å². The Morgan fingerprint density at radius 1 is 1.23 bits per heavy atom. The van der Waals surface area contributed by atoms with Crippen molar-refractivity contribution in [3.8, 4) is 5.88 Å². The number of alkyl halides is 2. The van der Waals surface area contributed by atoms with E-state index in [1.807, 2.05) is 38.1 Å². The number of pyridine rings is 1. The Bertz CT molecular complexity index is 978. The minimum atomic E-state index is -3.06. The highest BCUT2D eigenvalue weighted by Crippen LogP contribution is 2.49. The van der Waals surface area contributed by atoms with E-state index in [4.69, 9.17) is 0 Å². The maximum absolute atomic E-state index is 13.6. The molecule has 0 aliphatic heterocycles. The van der Waals surface area contributed by atoms with E-state index >= 15 is 0 Å². The van der Waals surface area contributed by atoms with Crippen LogP contribution in [-0.2, 0) is 21.2 Å². The lowest BCUT2D eigenvalue weighted by Gasteiger charge is -2.47. The van der Waals surface area contributed by atoms with Crippen LogP contribution < -0.4 is 14.8 Å². The van der Waals surface area contributed by atoms with Crippen molar-refractivity contribution in [3.63, 3.8) is 0 Å². The van der Waals surface area contributed by atoms with Crippen LogP contribution in [0.15, 0.2) is 36.4 Å². The second-order valence-electron chi connectivity index (χ2n) is 7.99. The van der Waals surface area contributed by atoms with Crippen LogP contribution in [0, 0.1) is 6.92 Å². The van der Waals surface area contributed by atoms with Crippen LogP contribution in [0.25, 0.3) is 0 Å². The zero-order chi connectivity index (χ0) is 22.8. The zero-order valence-corrected chi connectivity index (χ0v) is 18.8. The number of halogens is 2. The van der Waals surface area contributed by atoms with E-state index in [0.717, 1.165) is 11.1 Å². The molecule has 0 bridgehead atoms. The van der Waals surface area contributed by atoms with Gasteiger partial charge in [0, 0.05) is 5.69 Å². The van der Waals surface area contributed by atoms with E-state index in [9.17, 15) is 17.8 Å². The summed E-state index contributed by atoms with van der Waals surface area (Å²) in [4.78, 5) is 17.6. The molecule has 1 aliphatic carbocycles. The van der Waals surface area contributed by atoms with Crippen molar-refractivity contribution in [2.75, 3.05) is 12.4 Å². The fourth-order valence-corrected chi connectivity index (χ4v) is 5.25. The number of nitrogens with one attached hydrogen (secondary N) is 2. The fourth-order valence-electron chi connectivity index (χ4n) is 4.04. The van der Waals surface area contributed by atoms with Gasteiger partial charge in [0.05, 0.1) is 21.7 Å². The third kappa shape index (κ3) is 4.77. The summed E-state index contributed by atoms with van der Waals surface area (Å²) < 4.78 is 45.2. The molecule has 31 heavy (non-hydrogen) atoms. The summed E-state index contributed by atoms with van der Waals surface area (Å²) in [6.07, 6.45) is 0.751. The Morgan fingerprint density at radius 2 is 1.90 bits per heavy atom. The number of anilines is 1. The number of aromatic nitrogens is 1. The van der Waals surface area contributed by atoms with Gasteiger partial charge in [-0.3, -0.25) is 4.79 Å². The average molecular weight is 452 g/mol. The van der Waals surface area contributed by atoms with Crippen molar-refractivity contribution in [1.82, 2.24) is 9.71 Å². The van der Waals surface area contributed by atoms with Crippen LogP contribution >= 0.6 is 0 Å². The van der Waals surface area contributed by atoms with Gasteiger partial charge in [-0.05, 0) is 56.0 Å². The maximum Gasteiger partial charge on any atom is 0.388 e. The second-order valence-corrected chi connectivity index (χ2v) is 9.66. The topological polar surface area (TPSA) is 80.3 Å². The van der Waals surface area contributed by atoms with Crippen LogP contribution in [0.2, 0.25) is 0 Å². The lowest BCUT2D eigenvalue weighted by molar-refractivity contribution is -0.124. The summed E-state index contributed by atoms with van der Waals surface area (Å²) in [6.45, 7) is 2.68. The molecule has 1 aromatic carbocycles. The number of aryl methyl sites for hydroxylation is 1. The van der Waals surface area contributed by atoms with Crippen molar-refractivity contribution < 1.29 is 22.5 Å². The van der Waals surface area contributed by atoms with Crippen molar-refractivity contribution >= 4 is 22.6 Å². The van der Waals surface area contributed by atoms with Crippen LogP contribution in [0.5, 0.6) is 5.88 Å². The molecule has 2 N–H and O–H groups in total. The molecule has 1 amide bonds. The molecular weight excluding hydrogens is 424 g/mol. The predicted molar refractivity (Wildman–Crippen MR) is 117 cm³/mol. The van der Waals surface area contributed by atoms with E-state index in [2.05, 4.69) is 19.8 Å². The Labute approximate surface area is 183 Å². The van der Waals surface area contributed by atoms with Crippen molar-refractivity contribution in [2.24, 2.45) is 0 Å². The van der Waals surface area contributed by atoms with Crippen molar-refractivity contribution in [2.45, 2.75) is 56.8 Å². The number of carbonyl (C=O) groups excluding carboxylic acids is 1. The lowest BCUT2D eigenvalue weighted by atomic mass is 9.61. The molecule has 0 radical (unpaired) electrons. The molecule has 2 aromatic rings. The molecule has 9 heteroatoms. The summed E-state index contributed by atoms with van der Waals surface area (Å²) in [5, 5.41) is 2.56. The Balaban J connectivity index is 1.99. The van der Waals surface area contributed by atoms with Crippen molar-refractivity contribution in [3.05, 3.63) is 53.2 Å². The fraction of sp³-hybridized carbons (Fsp3) is 0.455. The quantitative estimate of drug-likeness (QED) is 0.635. The molecule has 1 heterocycles. The van der Waals surface area contributed by atoms with E-state index < -0.39 is 23.0 Å². The first-order valence-electron chi connectivity index (χ1n) is 10.1. The van der Waals surface area contributed by atoms with Gasteiger partial charge < -0.3 is 10.1 Å². The van der Waals surface area contributed by atoms with Gasteiger partial charge >= 0.3 is 6.61 Å². The smallest absolute Gasteiger partial charge is 0.388 e. The highest BCUT2D eigenvalue weighted by atomic mass is 32.2. The second kappa shape index (κ2) is 9.40. The largest absolute Gasteiger partial charge is 0.415 e. The third-order valence-electron chi connectivity index (χ3n) is 5.64. The molecule has 6 nitrogen and oxygen atoms in total. The first-order valence-corrected chi connectivity index (χ1v) is 11.3. The molecule has 1 unspecified atom stereocenters. The molecule has 0 spiro atoms. The maximum atomic E-state index is 13.6. The van der Waals surface area contributed by atoms with Crippen LogP contribution in [-0.4, -0.2) is 34.0 Å². The summed E-state index contributed by atoms with van der Waals surface area (Å²) in [5.74, 6) is -0.506. The highest BCUT2D eigenvalue weighted by Gasteiger charge is 2.54. The van der Waals surface area contributed by atoms with Gasteiger partial charge in [-0.1, -0.05) is 38.1 Å². The van der Waals surface area contributed by atoms with Gasteiger partial charge in [0.1, 0.15) is 5.69 Å². The number of rotatable bonds is 8. The molecule has 168 valence electrons. The summed E-state index contributed by atoms with van der Waals surface area (Å²) in [7, 11) is 0.348. The molecule has 1 atom stereocenters. The van der Waals surface area contributed by atoms with Gasteiger partial charge in [0.15, 0.2) is 0 Å². The van der Waals surface area contributed by atoms with Crippen molar-refractivity contribution in [1.29, 1.82) is 0 Å². The first-order chi connectivity index (χ1) is 14.7. The molecule has 1 fully saturated rings. The van der Waals surface area contributed by atoms with Crippen LogP contribution in [0.1, 0.15) is 49.4 Å². The normalized spacial score (nSPS) is 21.6. The summed E-state index contributed by atoms with van der Waals surface area (Å²) in [5.41, 5.74) is 1.53. The number of nitrogens with zero attached hydrogens (tertiary/aromatic N) is 1. The summed E-state index contributed by atoms with van der Waals surface area (Å²) >= 11 is 0. The number of ether oxygens (including phenoxy) is 1. The summed E-state index contributed by atoms with van der Waals surface area (Å²) in [6, 6.07) is 10.8. The minimum absolute atomic E-state index is 0.0792. The molecule has 0 saturated heterocycles. The van der Waals surface area contributed by atoms with E-state index in [1.165, 1.54) is 6.07 Å². The van der Waals surface area contributed by atoms with E-state index in [1.54, 1.807) is 20.0 Å². The Kier molecular flexibility index (Phi) is 7.06. The molecule has 1 aliphatic rings. The lowest BCUT2D eigenvalue weighted by Crippen LogP contribution is -2.56. The SMILES string of the molecule is CNS(=O)C1CC(C(=O)Nc2ccc(C)nc2OC(F)F)(c2ccccc2C(C)C)C1. The first kappa shape index (κ1) is 23.3. The molecular formula is C22H27F2N3O3S. The molecule has 3 rings (SSSR count). The minimum Gasteiger partial charge on any atom is -0.415 e. The third-order valence-corrected chi connectivity index (χ3v) is 6.98. The van der Waals surface area contributed by atoms with Gasteiger partial charge in [0.25, 0.3) is 0 Å². The number of amides is 1. The van der Waals surface area contributed by atoms with E-state index in [0.29, 0.717) is 18.5 Å². The van der Waals surface area contributed by atoms with Crippen LogP contribution in [0.3, 0.4) is 0 Å². The van der Waals surface area contributed by atoms with Gasteiger partial charge in [-0.2, -0.15) is 8.78 Å². The van der Waals surface area contributed by atoms with Crippen LogP contribution in [0.4, 0.5) is 14.5 Å².